The molecule has 1 atom stereocenters. The number of hydrogen-bond acceptors (Lipinski definition) is 5. The second-order valence-electron chi connectivity index (χ2n) is 4.64. The van der Waals surface area contributed by atoms with Gasteiger partial charge in [-0.15, -0.1) is 0 Å². The summed E-state index contributed by atoms with van der Waals surface area (Å²) in [6.45, 7) is 13.5. The molecule has 5 heteroatoms. The maximum absolute atomic E-state index is 9.29. The number of aliphatic hydroxyl groups is 1. The van der Waals surface area contributed by atoms with Crippen LogP contribution in [0.2, 0.25) is 0 Å². The molecule has 0 amide bonds. The van der Waals surface area contributed by atoms with Crippen molar-refractivity contribution in [2.45, 2.75) is 73.0 Å². The van der Waals surface area contributed by atoms with E-state index < -0.39 is 5.72 Å². The maximum Gasteiger partial charge on any atom is 0.172 e. The Morgan fingerprint density at radius 3 is 2.21 bits per heavy atom. The van der Waals surface area contributed by atoms with Crippen molar-refractivity contribution < 1.29 is 5.11 Å². The van der Waals surface area contributed by atoms with E-state index in [0.29, 0.717) is 13.0 Å². The summed E-state index contributed by atoms with van der Waals surface area (Å²) in [7, 11) is 0. The van der Waals surface area contributed by atoms with Crippen LogP contribution in [0.5, 0.6) is 0 Å². The first-order valence-electron chi connectivity index (χ1n) is 7.30. The zero-order valence-electron chi connectivity index (χ0n) is 13.5. The topological polar surface area (TPSA) is 69.3 Å². The molecule has 0 spiro atoms. The summed E-state index contributed by atoms with van der Waals surface area (Å²) >= 11 is 0. The number of rotatable bonds is 8. The van der Waals surface area contributed by atoms with Gasteiger partial charge in [0.25, 0.3) is 0 Å². The van der Waals surface area contributed by atoms with E-state index in [1.54, 1.807) is 6.92 Å². The number of hydrazone groups is 1. The third-order valence-electron chi connectivity index (χ3n) is 2.42. The first-order valence-corrected chi connectivity index (χ1v) is 7.30. The fraction of sp³-hybridized carbons (Fsp3) is 0.929. The quantitative estimate of drug-likeness (QED) is 0.306. The fourth-order valence-corrected chi connectivity index (χ4v) is 0.755. The summed E-state index contributed by atoms with van der Waals surface area (Å²) < 4.78 is 0. The van der Waals surface area contributed by atoms with Crippen molar-refractivity contribution in [3.8, 4) is 0 Å². The van der Waals surface area contributed by atoms with Crippen LogP contribution in [-0.4, -0.2) is 29.6 Å². The van der Waals surface area contributed by atoms with Gasteiger partial charge < -0.3 is 10.5 Å². The fourth-order valence-electron chi connectivity index (χ4n) is 0.755. The van der Waals surface area contributed by atoms with Crippen molar-refractivity contribution in [1.29, 1.82) is 0 Å². The minimum absolute atomic E-state index is 0.611. The zero-order chi connectivity index (χ0) is 15.1. The first-order chi connectivity index (χ1) is 8.93. The van der Waals surface area contributed by atoms with E-state index in [0.717, 1.165) is 25.8 Å². The molecule has 0 aliphatic carbocycles. The lowest BCUT2D eigenvalue weighted by Crippen LogP contribution is -2.18. The van der Waals surface area contributed by atoms with Crippen LogP contribution in [0.25, 0.3) is 0 Å². The Bertz CT molecular complexity index is 250. The molecule has 0 fully saturated rings. The average Bonchev–Trinajstić information content (AvgIpc) is 2.40. The van der Waals surface area contributed by atoms with Gasteiger partial charge in [-0.1, -0.05) is 27.7 Å². The molecule has 2 N–H and O–H groups in total. The molecule has 0 heterocycles. The molecule has 114 valence electrons. The van der Waals surface area contributed by atoms with Crippen molar-refractivity contribution in [2.75, 3.05) is 13.1 Å². The van der Waals surface area contributed by atoms with E-state index in [1.165, 1.54) is 5.71 Å². The lowest BCUT2D eigenvalue weighted by molar-refractivity contribution is 0.0571. The van der Waals surface area contributed by atoms with Gasteiger partial charge in [-0.25, -0.2) is 0 Å². The normalized spacial score (nSPS) is 14.8. The SMILES string of the molecule is CCCN=NC(C)(O)CC.CCCNN=C(C)CC. The highest BCUT2D eigenvalue weighted by molar-refractivity contribution is 5.81. The Balaban J connectivity index is 0. The third kappa shape index (κ3) is 17.0. The zero-order valence-corrected chi connectivity index (χ0v) is 13.5. The molecule has 5 nitrogen and oxygen atoms in total. The molecule has 0 aromatic carbocycles. The van der Waals surface area contributed by atoms with Gasteiger partial charge in [0.05, 0.1) is 6.54 Å². The lowest BCUT2D eigenvalue weighted by Gasteiger charge is -2.12. The standard InChI is InChI=1S/C7H16N2O.C7H16N2/c1-4-6-8-9-7(3,10)5-2;1-4-6-8-9-7(3)5-2/h10H,4-6H2,1-3H3;8H,4-6H2,1-3H3. The van der Waals surface area contributed by atoms with Crippen LogP contribution in [-0.2, 0) is 0 Å². The summed E-state index contributed by atoms with van der Waals surface area (Å²) in [5.41, 5.74) is 3.19. The van der Waals surface area contributed by atoms with Gasteiger partial charge in [-0.05, 0) is 39.5 Å². The lowest BCUT2D eigenvalue weighted by atomic mass is 10.2. The Morgan fingerprint density at radius 2 is 1.79 bits per heavy atom. The van der Waals surface area contributed by atoms with Crippen LogP contribution in [0.15, 0.2) is 15.3 Å². The minimum Gasteiger partial charge on any atom is -0.368 e. The van der Waals surface area contributed by atoms with Gasteiger partial charge in [0, 0.05) is 12.3 Å². The van der Waals surface area contributed by atoms with E-state index in [1.807, 2.05) is 20.8 Å². The number of azo groups is 1. The van der Waals surface area contributed by atoms with E-state index in [2.05, 4.69) is 34.6 Å². The predicted octanol–water partition coefficient (Wildman–Crippen LogP) is 3.74. The van der Waals surface area contributed by atoms with Gasteiger partial charge in [-0.2, -0.15) is 15.3 Å². The van der Waals surface area contributed by atoms with Crippen molar-refractivity contribution in [3.63, 3.8) is 0 Å². The number of nitrogens with zero attached hydrogens (tertiary/aromatic N) is 3. The van der Waals surface area contributed by atoms with Gasteiger partial charge in [-0.3, -0.25) is 0 Å². The van der Waals surface area contributed by atoms with Crippen molar-refractivity contribution in [2.24, 2.45) is 15.3 Å². The third-order valence-corrected chi connectivity index (χ3v) is 2.42. The van der Waals surface area contributed by atoms with Gasteiger partial charge in [0.2, 0.25) is 0 Å². The highest BCUT2D eigenvalue weighted by Crippen LogP contribution is 2.09. The molecular formula is C14H32N4O. The van der Waals surface area contributed by atoms with Crippen LogP contribution >= 0.6 is 0 Å². The predicted molar refractivity (Wildman–Crippen MR) is 82.6 cm³/mol. The molecule has 0 bridgehead atoms. The van der Waals surface area contributed by atoms with Crippen molar-refractivity contribution >= 4 is 5.71 Å². The molecule has 0 rings (SSSR count). The summed E-state index contributed by atoms with van der Waals surface area (Å²) in [5, 5.41) is 20.9. The van der Waals surface area contributed by atoms with Crippen molar-refractivity contribution in [3.05, 3.63) is 0 Å². The highest BCUT2D eigenvalue weighted by atomic mass is 16.3. The molecule has 0 aliphatic rings. The molecule has 0 aliphatic heterocycles. The molecule has 1 unspecified atom stereocenters. The summed E-state index contributed by atoms with van der Waals surface area (Å²) in [4.78, 5) is 0. The molecule has 0 aromatic rings. The van der Waals surface area contributed by atoms with E-state index in [4.69, 9.17) is 0 Å². The summed E-state index contributed by atoms with van der Waals surface area (Å²) in [5.74, 6) is 0. The second-order valence-corrected chi connectivity index (χ2v) is 4.64. The molecule has 0 saturated heterocycles. The molecular weight excluding hydrogens is 240 g/mol. The first kappa shape index (κ1) is 20.3. The summed E-state index contributed by atoms with van der Waals surface area (Å²) in [6, 6.07) is 0. The van der Waals surface area contributed by atoms with Gasteiger partial charge in [0.15, 0.2) is 5.72 Å². The Hall–Kier alpha value is -0.970. The van der Waals surface area contributed by atoms with Crippen LogP contribution in [0.4, 0.5) is 0 Å². The van der Waals surface area contributed by atoms with E-state index in [-0.39, 0.29) is 0 Å². The molecule has 0 radical (unpaired) electrons. The minimum atomic E-state index is -0.949. The largest absolute Gasteiger partial charge is 0.368 e. The molecule has 0 aromatic heterocycles. The highest BCUT2D eigenvalue weighted by Gasteiger charge is 2.14. The Morgan fingerprint density at radius 1 is 1.16 bits per heavy atom. The Kier molecular flexibility index (Phi) is 14.4. The summed E-state index contributed by atoms with van der Waals surface area (Å²) in [6.07, 6.45) is 3.76. The number of nitrogens with one attached hydrogen (secondary N) is 1. The smallest absolute Gasteiger partial charge is 0.172 e. The average molecular weight is 272 g/mol. The maximum atomic E-state index is 9.29. The van der Waals surface area contributed by atoms with Crippen LogP contribution in [0, 0.1) is 0 Å². The van der Waals surface area contributed by atoms with Gasteiger partial charge >= 0.3 is 0 Å². The van der Waals surface area contributed by atoms with Crippen LogP contribution in [0.1, 0.15) is 67.2 Å². The van der Waals surface area contributed by atoms with E-state index in [9.17, 15) is 5.11 Å². The van der Waals surface area contributed by atoms with Crippen LogP contribution in [0.3, 0.4) is 0 Å². The monoisotopic (exact) mass is 272 g/mol. The van der Waals surface area contributed by atoms with Crippen LogP contribution < -0.4 is 5.43 Å². The number of hydrogen-bond donors (Lipinski definition) is 2. The van der Waals surface area contributed by atoms with Gasteiger partial charge in [0.1, 0.15) is 0 Å². The molecule has 19 heavy (non-hydrogen) atoms. The van der Waals surface area contributed by atoms with Crippen molar-refractivity contribution in [1.82, 2.24) is 5.43 Å². The Labute approximate surface area is 118 Å². The van der Waals surface area contributed by atoms with E-state index >= 15 is 0 Å². The second kappa shape index (κ2) is 13.5. The molecule has 0 saturated carbocycles.